The van der Waals surface area contributed by atoms with Gasteiger partial charge < -0.3 is 25.0 Å². The SMILES string of the molecule is CCN(CC)CCNC(=NC)NCc1cc(OC)ccc1OC(F)F. The first-order chi connectivity index (χ1) is 12.0. The van der Waals surface area contributed by atoms with Gasteiger partial charge in [-0.2, -0.15) is 8.78 Å². The molecule has 0 aliphatic heterocycles. The summed E-state index contributed by atoms with van der Waals surface area (Å²) in [6.45, 7) is 5.24. The summed E-state index contributed by atoms with van der Waals surface area (Å²) in [5.74, 6) is 1.28. The molecule has 0 heterocycles. The van der Waals surface area contributed by atoms with Crippen molar-refractivity contribution in [1.29, 1.82) is 0 Å². The van der Waals surface area contributed by atoms with Crippen molar-refractivity contribution in [2.75, 3.05) is 40.3 Å². The lowest BCUT2D eigenvalue weighted by atomic mass is 10.2. The third-order valence-electron chi connectivity index (χ3n) is 3.77. The fourth-order valence-corrected chi connectivity index (χ4v) is 2.30. The minimum absolute atomic E-state index is 0.113. The van der Waals surface area contributed by atoms with Crippen molar-refractivity contribution in [3.63, 3.8) is 0 Å². The van der Waals surface area contributed by atoms with E-state index in [1.807, 2.05) is 0 Å². The Bertz CT molecular complexity index is 537. The molecule has 0 spiro atoms. The zero-order valence-corrected chi connectivity index (χ0v) is 15.3. The monoisotopic (exact) mass is 358 g/mol. The second-order valence-electron chi connectivity index (χ2n) is 5.23. The molecule has 8 heteroatoms. The average molecular weight is 358 g/mol. The van der Waals surface area contributed by atoms with Crippen LogP contribution >= 0.6 is 0 Å². The summed E-state index contributed by atoms with van der Waals surface area (Å²) >= 11 is 0. The minimum Gasteiger partial charge on any atom is -0.497 e. The molecule has 25 heavy (non-hydrogen) atoms. The summed E-state index contributed by atoms with van der Waals surface area (Å²) in [6, 6.07) is 4.71. The van der Waals surface area contributed by atoms with Gasteiger partial charge in [-0.15, -0.1) is 0 Å². The van der Waals surface area contributed by atoms with Gasteiger partial charge in [0.1, 0.15) is 11.5 Å². The summed E-state index contributed by atoms with van der Waals surface area (Å²) in [5.41, 5.74) is 0.561. The highest BCUT2D eigenvalue weighted by molar-refractivity contribution is 5.79. The van der Waals surface area contributed by atoms with E-state index < -0.39 is 6.61 Å². The molecule has 1 rings (SSSR count). The lowest BCUT2D eigenvalue weighted by molar-refractivity contribution is -0.0504. The first-order valence-corrected chi connectivity index (χ1v) is 8.32. The van der Waals surface area contributed by atoms with Crippen LogP contribution in [0.5, 0.6) is 11.5 Å². The van der Waals surface area contributed by atoms with Gasteiger partial charge in [-0.1, -0.05) is 13.8 Å². The molecular formula is C17H28F2N4O2. The molecule has 2 N–H and O–H groups in total. The van der Waals surface area contributed by atoms with Crippen LogP contribution in [0.15, 0.2) is 23.2 Å². The molecule has 0 amide bonds. The topological polar surface area (TPSA) is 58.1 Å². The van der Waals surface area contributed by atoms with E-state index in [1.165, 1.54) is 13.2 Å². The van der Waals surface area contributed by atoms with Crippen molar-refractivity contribution in [3.05, 3.63) is 23.8 Å². The molecule has 0 atom stereocenters. The zero-order chi connectivity index (χ0) is 18.7. The molecule has 0 saturated heterocycles. The van der Waals surface area contributed by atoms with Gasteiger partial charge in [0.05, 0.1) is 7.11 Å². The predicted octanol–water partition coefficient (Wildman–Crippen LogP) is 2.30. The van der Waals surface area contributed by atoms with E-state index >= 15 is 0 Å². The lowest BCUT2D eigenvalue weighted by Gasteiger charge is -2.19. The van der Waals surface area contributed by atoms with E-state index in [1.54, 1.807) is 19.2 Å². The summed E-state index contributed by atoms with van der Waals surface area (Å²) in [5, 5.41) is 6.30. The number of aliphatic imine (C=N–C) groups is 1. The highest BCUT2D eigenvalue weighted by Crippen LogP contribution is 2.25. The molecular weight excluding hydrogens is 330 g/mol. The van der Waals surface area contributed by atoms with Crippen molar-refractivity contribution < 1.29 is 18.3 Å². The molecule has 1 aromatic carbocycles. The van der Waals surface area contributed by atoms with Crippen LogP contribution in [0.3, 0.4) is 0 Å². The van der Waals surface area contributed by atoms with Crippen molar-refractivity contribution in [1.82, 2.24) is 15.5 Å². The highest BCUT2D eigenvalue weighted by Gasteiger charge is 2.11. The first kappa shape index (κ1) is 21.0. The lowest BCUT2D eigenvalue weighted by Crippen LogP contribution is -2.41. The maximum Gasteiger partial charge on any atom is 0.387 e. The molecule has 6 nitrogen and oxygen atoms in total. The van der Waals surface area contributed by atoms with Crippen LogP contribution in [-0.2, 0) is 6.54 Å². The number of nitrogens with zero attached hydrogens (tertiary/aromatic N) is 2. The Morgan fingerprint density at radius 1 is 1.24 bits per heavy atom. The molecule has 0 fully saturated rings. The van der Waals surface area contributed by atoms with Crippen molar-refractivity contribution in [2.45, 2.75) is 27.0 Å². The Kier molecular flexibility index (Phi) is 9.61. The number of ether oxygens (including phenoxy) is 2. The van der Waals surface area contributed by atoms with E-state index in [9.17, 15) is 8.78 Å². The highest BCUT2D eigenvalue weighted by atomic mass is 19.3. The normalized spacial score (nSPS) is 11.8. The van der Waals surface area contributed by atoms with Gasteiger partial charge in [-0.25, -0.2) is 0 Å². The van der Waals surface area contributed by atoms with Crippen LogP contribution in [0.4, 0.5) is 8.78 Å². The van der Waals surface area contributed by atoms with E-state index in [2.05, 4.69) is 39.1 Å². The largest absolute Gasteiger partial charge is 0.497 e. The third kappa shape index (κ3) is 7.55. The van der Waals surface area contributed by atoms with Crippen LogP contribution in [0.1, 0.15) is 19.4 Å². The van der Waals surface area contributed by atoms with Gasteiger partial charge in [0, 0.05) is 32.2 Å². The van der Waals surface area contributed by atoms with Crippen molar-refractivity contribution in [3.8, 4) is 11.5 Å². The van der Waals surface area contributed by atoms with Gasteiger partial charge >= 0.3 is 6.61 Å². The van der Waals surface area contributed by atoms with Gasteiger partial charge in [-0.3, -0.25) is 4.99 Å². The van der Waals surface area contributed by atoms with Crippen molar-refractivity contribution in [2.24, 2.45) is 4.99 Å². The number of rotatable bonds is 10. The standard InChI is InChI=1S/C17H28F2N4O2/c1-5-23(6-2)10-9-21-17(20-3)22-12-13-11-14(24-4)7-8-15(13)25-16(18)19/h7-8,11,16H,5-6,9-10,12H2,1-4H3,(H2,20,21,22). The van der Waals surface area contributed by atoms with Gasteiger partial charge in [0.2, 0.25) is 0 Å². The molecule has 0 bridgehead atoms. The molecule has 142 valence electrons. The third-order valence-corrected chi connectivity index (χ3v) is 3.77. The molecule has 0 aliphatic carbocycles. The molecule has 1 aromatic rings. The number of guanidine groups is 1. The summed E-state index contributed by atoms with van der Waals surface area (Å²) in [7, 11) is 3.18. The van der Waals surface area contributed by atoms with Gasteiger partial charge in [-0.05, 0) is 31.3 Å². The molecule has 0 aliphatic rings. The number of nitrogens with one attached hydrogen (secondary N) is 2. The van der Waals surface area contributed by atoms with Crippen LogP contribution in [0.2, 0.25) is 0 Å². The molecule has 0 aromatic heterocycles. The van der Waals surface area contributed by atoms with Gasteiger partial charge in [0.25, 0.3) is 0 Å². The maximum absolute atomic E-state index is 12.5. The number of hydrogen-bond donors (Lipinski definition) is 2. The number of alkyl halides is 2. The van der Waals surface area contributed by atoms with Crippen molar-refractivity contribution >= 4 is 5.96 Å². The Labute approximate surface area is 148 Å². The predicted molar refractivity (Wildman–Crippen MR) is 95.6 cm³/mol. The van der Waals surface area contributed by atoms with E-state index in [4.69, 9.17) is 4.74 Å². The maximum atomic E-state index is 12.5. The van der Waals surface area contributed by atoms with E-state index in [0.717, 1.165) is 26.2 Å². The van der Waals surface area contributed by atoms with Crippen LogP contribution in [0, 0.1) is 0 Å². The average Bonchev–Trinajstić information content (AvgIpc) is 2.61. The first-order valence-electron chi connectivity index (χ1n) is 8.32. The number of hydrogen-bond acceptors (Lipinski definition) is 4. The number of benzene rings is 1. The molecule has 0 unspecified atom stereocenters. The smallest absolute Gasteiger partial charge is 0.387 e. The van der Waals surface area contributed by atoms with Crippen LogP contribution < -0.4 is 20.1 Å². The van der Waals surface area contributed by atoms with Crippen LogP contribution in [0.25, 0.3) is 0 Å². The summed E-state index contributed by atoms with van der Waals surface area (Å²) in [6.07, 6.45) is 0. The Hall–Kier alpha value is -2.09. The Morgan fingerprint density at radius 2 is 1.96 bits per heavy atom. The molecule has 0 radical (unpaired) electrons. The fraction of sp³-hybridized carbons (Fsp3) is 0.588. The second kappa shape index (κ2) is 11.5. The second-order valence-corrected chi connectivity index (χ2v) is 5.23. The van der Waals surface area contributed by atoms with E-state index in [-0.39, 0.29) is 12.3 Å². The number of halogens is 2. The zero-order valence-electron chi connectivity index (χ0n) is 15.3. The van der Waals surface area contributed by atoms with Gasteiger partial charge in [0.15, 0.2) is 5.96 Å². The number of likely N-dealkylation sites (N-methyl/N-ethyl adjacent to an activating group) is 1. The minimum atomic E-state index is -2.88. The Morgan fingerprint density at radius 3 is 2.52 bits per heavy atom. The van der Waals surface area contributed by atoms with E-state index in [0.29, 0.717) is 17.3 Å². The van der Waals surface area contributed by atoms with Crippen LogP contribution in [-0.4, -0.2) is 57.8 Å². The number of methoxy groups -OCH3 is 1. The summed E-state index contributed by atoms with van der Waals surface area (Å²) in [4.78, 5) is 6.43. The quantitative estimate of drug-likeness (QED) is 0.497. The fourth-order valence-electron chi connectivity index (χ4n) is 2.30. The summed E-state index contributed by atoms with van der Waals surface area (Å²) < 4.78 is 34.8. The molecule has 0 saturated carbocycles. The Balaban J connectivity index is 2.64.